The van der Waals surface area contributed by atoms with Crippen LogP contribution in [-0.2, 0) is 19.6 Å². The summed E-state index contributed by atoms with van der Waals surface area (Å²) in [5.74, 6) is -1.30. The van der Waals surface area contributed by atoms with Gasteiger partial charge in [0.25, 0.3) is 10.0 Å². The molecule has 3 atom stereocenters. The lowest BCUT2D eigenvalue weighted by molar-refractivity contribution is -0.140. The van der Waals surface area contributed by atoms with Crippen LogP contribution in [0.3, 0.4) is 0 Å². The number of hydrogen-bond donors (Lipinski definition) is 6. The molecule has 1 unspecified atom stereocenters. The molecule has 1 aromatic rings. The van der Waals surface area contributed by atoms with Gasteiger partial charge in [0.15, 0.2) is 5.96 Å². The van der Waals surface area contributed by atoms with Crippen molar-refractivity contribution in [2.24, 2.45) is 5.73 Å². The number of piperidine rings is 2. The van der Waals surface area contributed by atoms with Crippen LogP contribution in [0, 0.1) is 5.41 Å². The highest BCUT2D eigenvalue weighted by Crippen LogP contribution is 2.16. The Morgan fingerprint density at radius 3 is 2.47 bits per heavy atom. The van der Waals surface area contributed by atoms with Crippen molar-refractivity contribution in [3.05, 3.63) is 30.3 Å². The van der Waals surface area contributed by atoms with E-state index in [9.17, 15) is 27.9 Å². The lowest BCUT2D eigenvalue weighted by Gasteiger charge is -2.39. The zero-order valence-electron chi connectivity index (χ0n) is 18.4. The number of benzene rings is 1. The van der Waals surface area contributed by atoms with E-state index in [2.05, 4.69) is 10.6 Å². The van der Waals surface area contributed by atoms with Crippen LogP contribution < -0.4 is 21.1 Å². The Hall–Kier alpha value is -3.39. The van der Waals surface area contributed by atoms with Crippen molar-refractivity contribution in [3.8, 4) is 0 Å². The van der Waals surface area contributed by atoms with Crippen molar-refractivity contribution in [3.63, 3.8) is 0 Å². The third-order valence-electron chi connectivity index (χ3n) is 5.70. The molecule has 14 heteroatoms. The number of rotatable bonds is 6. The fourth-order valence-electron chi connectivity index (χ4n) is 4.02. The van der Waals surface area contributed by atoms with Gasteiger partial charge >= 0.3 is 6.03 Å². The number of nitrogens with one attached hydrogen (secondary N) is 4. The molecule has 0 aliphatic carbocycles. The van der Waals surface area contributed by atoms with Crippen molar-refractivity contribution in [2.75, 3.05) is 19.6 Å². The van der Waals surface area contributed by atoms with Crippen LogP contribution in [0.1, 0.15) is 25.7 Å². The Balaban J connectivity index is 1.53. The monoisotopic (exact) mass is 495 g/mol. The average Bonchev–Trinajstić information content (AvgIpc) is 2.78. The molecule has 1 aromatic carbocycles. The molecule has 2 fully saturated rings. The first kappa shape index (κ1) is 25.2. The highest BCUT2D eigenvalue weighted by Gasteiger charge is 2.34. The second kappa shape index (κ2) is 10.7. The van der Waals surface area contributed by atoms with Crippen molar-refractivity contribution < 1.29 is 27.9 Å². The average molecular weight is 496 g/mol. The molecule has 0 bridgehead atoms. The Morgan fingerprint density at radius 1 is 1.12 bits per heavy atom. The molecular weight excluding hydrogens is 466 g/mol. The molecule has 2 aliphatic rings. The summed E-state index contributed by atoms with van der Waals surface area (Å²) in [5, 5.41) is 22.9. The second-order valence-corrected chi connectivity index (χ2v) is 9.84. The number of urea groups is 1. The first-order valence-electron chi connectivity index (χ1n) is 10.8. The van der Waals surface area contributed by atoms with Crippen LogP contribution in [0.4, 0.5) is 4.79 Å². The molecule has 186 valence electrons. The Bertz CT molecular complexity index is 1040. The smallest absolute Gasteiger partial charge is 0.329 e. The fraction of sp³-hybridized carbons (Fsp3) is 0.500. The minimum atomic E-state index is -4.10. The number of nitrogens with zero attached hydrogens (tertiary/aromatic N) is 2. The van der Waals surface area contributed by atoms with Gasteiger partial charge in [0.05, 0.1) is 17.5 Å². The summed E-state index contributed by atoms with van der Waals surface area (Å²) in [6.45, 7) is 0.411. The van der Waals surface area contributed by atoms with Crippen molar-refractivity contribution in [1.29, 1.82) is 5.41 Å². The van der Waals surface area contributed by atoms with Gasteiger partial charge in [-0.2, -0.15) is 0 Å². The van der Waals surface area contributed by atoms with Crippen LogP contribution in [0.15, 0.2) is 35.2 Å². The number of aliphatic hydroxyl groups is 1. The number of likely N-dealkylation sites (tertiary alicyclic amines) is 2. The van der Waals surface area contributed by atoms with Crippen molar-refractivity contribution in [1.82, 2.24) is 25.2 Å². The minimum absolute atomic E-state index is 0.0911. The molecule has 2 aliphatic heterocycles. The van der Waals surface area contributed by atoms with E-state index in [-0.39, 0.29) is 17.4 Å². The molecule has 7 N–H and O–H groups in total. The zero-order chi connectivity index (χ0) is 24.9. The van der Waals surface area contributed by atoms with Gasteiger partial charge in [-0.3, -0.25) is 15.0 Å². The highest BCUT2D eigenvalue weighted by molar-refractivity contribution is 7.90. The van der Waals surface area contributed by atoms with Crippen LogP contribution in [0.25, 0.3) is 0 Å². The topological polar surface area (TPSA) is 198 Å². The first-order valence-corrected chi connectivity index (χ1v) is 12.3. The van der Waals surface area contributed by atoms with E-state index >= 15 is 0 Å². The van der Waals surface area contributed by atoms with E-state index in [0.29, 0.717) is 38.8 Å². The van der Waals surface area contributed by atoms with E-state index < -0.39 is 46.2 Å². The van der Waals surface area contributed by atoms with Crippen LogP contribution in [0.2, 0.25) is 0 Å². The van der Waals surface area contributed by atoms with E-state index in [1.807, 2.05) is 4.72 Å². The first-order chi connectivity index (χ1) is 16.1. The molecule has 0 aromatic heterocycles. The Labute approximate surface area is 197 Å². The summed E-state index contributed by atoms with van der Waals surface area (Å²) in [4.78, 5) is 40.0. The van der Waals surface area contributed by atoms with Gasteiger partial charge in [-0.1, -0.05) is 18.2 Å². The lowest BCUT2D eigenvalue weighted by Crippen LogP contribution is -2.60. The zero-order valence-corrected chi connectivity index (χ0v) is 19.3. The molecule has 0 spiro atoms. The van der Waals surface area contributed by atoms with E-state index in [1.54, 1.807) is 6.07 Å². The van der Waals surface area contributed by atoms with Gasteiger partial charge < -0.3 is 31.3 Å². The molecule has 4 amide bonds. The van der Waals surface area contributed by atoms with Gasteiger partial charge in [-0.05, 0) is 37.8 Å². The summed E-state index contributed by atoms with van der Waals surface area (Å²) in [6.07, 6.45) is 0.767. The van der Waals surface area contributed by atoms with Crippen molar-refractivity contribution in [2.45, 2.75) is 48.9 Å². The molecule has 34 heavy (non-hydrogen) atoms. The summed E-state index contributed by atoms with van der Waals surface area (Å²) in [5.41, 5.74) is 5.45. The quantitative estimate of drug-likeness (QED) is 0.201. The second-order valence-electron chi connectivity index (χ2n) is 8.16. The van der Waals surface area contributed by atoms with Crippen LogP contribution in [0.5, 0.6) is 0 Å². The van der Waals surface area contributed by atoms with E-state index in [4.69, 9.17) is 11.1 Å². The molecule has 13 nitrogen and oxygen atoms in total. The van der Waals surface area contributed by atoms with Crippen LogP contribution >= 0.6 is 0 Å². The third-order valence-corrected chi connectivity index (χ3v) is 7.05. The van der Waals surface area contributed by atoms with Gasteiger partial charge in [0.2, 0.25) is 11.8 Å². The summed E-state index contributed by atoms with van der Waals surface area (Å²) in [7, 11) is -4.10. The maximum absolute atomic E-state index is 12.8. The number of carbonyl (C=O) groups is 3. The SMILES string of the molecule is N=C(N)N1CCC[C@H](NC(=O)CN2CCC[C@H](NC(=O)NS(=O)(=O)c3ccccc3)C2=O)C1O. The molecular formula is C20H29N7O6S. The third kappa shape index (κ3) is 6.14. The maximum Gasteiger partial charge on any atom is 0.329 e. The summed E-state index contributed by atoms with van der Waals surface area (Å²) >= 11 is 0. The molecule has 2 saturated heterocycles. The normalized spacial score (nSPS) is 23.2. The number of sulfonamides is 1. The largest absolute Gasteiger partial charge is 0.371 e. The summed E-state index contributed by atoms with van der Waals surface area (Å²) in [6, 6.07) is 4.67. The number of hydrogen-bond acceptors (Lipinski definition) is 7. The minimum Gasteiger partial charge on any atom is -0.371 e. The lowest BCUT2D eigenvalue weighted by atomic mass is 10.0. The Kier molecular flexibility index (Phi) is 7.94. The van der Waals surface area contributed by atoms with Gasteiger partial charge in [0, 0.05) is 13.1 Å². The van der Waals surface area contributed by atoms with Gasteiger partial charge in [-0.25, -0.2) is 17.9 Å². The number of amides is 4. The molecule has 0 radical (unpaired) electrons. The Morgan fingerprint density at radius 2 is 1.79 bits per heavy atom. The molecule has 0 saturated carbocycles. The molecule has 3 rings (SSSR count). The predicted octanol–water partition coefficient (Wildman–Crippen LogP) is -1.54. The number of aliphatic hydroxyl groups excluding tert-OH is 1. The van der Waals surface area contributed by atoms with Gasteiger partial charge in [0.1, 0.15) is 12.3 Å². The standard InChI is InChI=1S/C20H29N7O6S/c21-19(22)27-11-5-9-15(18(27)30)23-16(28)12-26-10-4-8-14(17(26)29)24-20(31)25-34(32,33)13-6-2-1-3-7-13/h1-3,6-7,14-15,18,30H,4-5,8-12H2,(H3,21,22)(H,23,28)(H2,24,25,31)/t14-,15-,18?/m0/s1. The fourth-order valence-corrected chi connectivity index (χ4v) is 4.95. The number of guanidine groups is 1. The van der Waals surface area contributed by atoms with E-state index in [0.717, 1.165) is 0 Å². The van der Waals surface area contributed by atoms with Gasteiger partial charge in [-0.15, -0.1) is 0 Å². The maximum atomic E-state index is 12.8. The highest BCUT2D eigenvalue weighted by atomic mass is 32.2. The van der Waals surface area contributed by atoms with Crippen LogP contribution in [-0.4, -0.2) is 85.1 Å². The van der Waals surface area contributed by atoms with Crippen molar-refractivity contribution >= 4 is 33.8 Å². The number of carbonyl (C=O) groups excluding carboxylic acids is 3. The van der Waals surface area contributed by atoms with E-state index in [1.165, 1.54) is 34.1 Å². The predicted molar refractivity (Wildman–Crippen MR) is 121 cm³/mol. The summed E-state index contributed by atoms with van der Waals surface area (Å²) < 4.78 is 26.5. The molecule has 2 heterocycles. The number of nitrogens with two attached hydrogens (primary N) is 1.